The molecule has 0 saturated carbocycles. The first-order valence-corrected chi connectivity index (χ1v) is 57.2. The minimum atomic E-state index is -0.595. The normalized spacial score (nSPS) is 23.3. The van der Waals surface area contributed by atoms with Crippen LogP contribution in [-0.2, 0) is 38.0 Å². The van der Waals surface area contributed by atoms with Crippen LogP contribution in [0.3, 0.4) is 0 Å². The van der Waals surface area contributed by atoms with Crippen molar-refractivity contribution in [2.75, 3.05) is 80.2 Å². The number of hydrogen-bond donors (Lipinski definition) is 0. The van der Waals surface area contributed by atoms with Crippen LogP contribution in [0, 0.1) is 70.2 Å². The molecule has 646 valence electrons. The molecule has 19 nitrogen and oxygen atoms in total. The molecular weight excluding hydrogens is 3560 g/mol. The summed E-state index contributed by atoms with van der Waals surface area (Å²) in [5, 5.41) is 0. The Balaban J connectivity index is 0.000000158. The van der Waals surface area contributed by atoms with Crippen LogP contribution in [0.25, 0.3) is 0 Å². The quantitative estimate of drug-likeness (QED) is 0.0406. The van der Waals surface area contributed by atoms with E-state index in [4.69, 9.17) is 33.2 Å². The summed E-state index contributed by atoms with van der Waals surface area (Å²) in [6.07, 6.45) is 9.66. The number of ether oxygens (including phenoxy) is 7. The predicted octanol–water partition coefficient (Wildman–Crippen LogP) is 22.8. The fourth-order valence-corrected chi connectivity index (χ4v) is 29.9. The van der Waals surface area contributed by atoms with E-state index in [0.717, 1.165) is 140 Å². The van der Waals surface area contributed by atoms with E-state index in [9.17, 15) is 33.6 Å². The van der Waals surface area contributed by atoms with Crippen LogP contribution < -0.4 is 0 Å². The summed E-state index contributed by atoms with van der Waals surface area (Å²) in [6, 6.07) is 25.2. The molecule has 119 heavy (non-hydrogen) atoms. The zero-order valence-electron chi connectivity index (χ0n) is 65.1. The third kappa shape index (κ3) is 28.0. The van der Waals surface area contributed by atoms with Crippen LogP contribution in [0.1, 0.15) is 160 Å². The molecule has 6 bridgehead atoms. The van der Waals surface area contributed by atoms with Gasteiger partial charge in [0.05, 0.1) is 52.6 Å². The number of Topliss-reactive ketones (excluding diaryl/α,β-unsaturated/α-hetero) is 1. The molecule has 7 atom stereocenters. The number of likely N-dealkylation sites (N-methyl/N-ethyl adjacent to an activating group) is 1. The Bertz CT molecular complexity index is 4750. The van der Waals surface area contributed by atoms with Crippen LogP contribution in [0.15, 0.2) is 72.8 Å². The van der Waals surface area contributed by atoms with Gasteiger partial charge < -0.3 is 38.1 Å². The number of nitrogens with zero attached hydrogens (tertiary/aromatic N) is 5. The molecule has 15 rings (SSSR count). The monoisotopic (exact) mass is 3650 g/mol. The Morgan fingerprint density at radius 2 is 0.765 bits per heavy atom. The van der Waals surface area contributed by atoms with E-state index >= 15 is 0 Å². The van der Waals surface area contributed by atoms with Crippen molar-refractivity contribution in [3.8, 4) is 0 Å². The van der Waals surface area contributed by atoms with Gasteiger partial charge >= 0.3 is 35.8 Å². The number of piperidine rings is 6. The van der Waals surface area contributed by atoms with Crippen molar-refractivity contribution in [2.45, 2.75) is 164 Å². The van der Waals surface area contributed by atoms with Crippen molar-refractivity contribution in [1.82, 2.24) is 24.5 Å². The number of morpholine rings is 1. The van der Waals surface area contributed by atoms with Gasteiger partial charge in [-0.25, -0.2) is 28.8 Å². The minimum Gasteiger partial charge on any atom is -0.459 e. The standard InChI is InChI=1S/C21H17I6NO5.C17H22I3NO2.C15H14I3NO3.C15H16I3NO2.C14H14I3NO2/c22-12-1-3-14(24)18(26)16(12)20(29)32-10-11(9-28-5-7-31-8-6-28)33-21(30)17-13(23)2-4-15(25)19(17)27;1-16(2)8-10(9-17(3,4)21(16)5)23-15(22)13-11(18)6-7-12(19)14(13)20;1-19-7-4-8(20)6-11(19)12(5-7)22-15(21)13-9(16)2-3-10(17)14(13)18;1-19-8-2-3-9(19)7-10(6-8)21-15(20)13-11(16)4-5-12(17)14(13)18;15-9-1-2-10(16)13(17)12(9)14(19)20-11-7-18-5-3-8(11)4-6-18/h1-4,11H,5-10H2;6-7,10H,8-9H2,1-5H3;2-3,7,11-12H,4-6H2,1H3;4-5,8-10H,2-3,6-7H2,1H3;1-2,8,11H,3-7H2. The van der Waals surface area contributed by atoms with E-state index in [-0.39, 0.29) is 83.8 Å². The Kier molecular flexibility index (Phi) is 43.1. The molecule has 9 saturated heterocycles. The van der Waals surface area contributed by atoms with Gasteiger partial charge in [-0.15, -0.1) is 0 Å². The van der Waals surface area contributed by atoms with Gasteiger partial charge in [0.1, 0.15) is 42.9 Å². The molecule has 6 aromatic carbocycles. The fourth-order valence-electron chi connectivity index (χ4n) is 15.9. The third-order valence-corrected chi connectivity index (χ3v) is 46.3. The first kappa shape index (κ1) is 106. The molecule has 7 unspecified atom stereocenters. The smallest absolute Gasteiger partial charge is 0.340 e. The number of benzene rings is 6. The first-order chi connectivity index (χ1) is 56.0. The molecule has 0 spiro atoms. The molecule has 37 heteroatoms. The number of carbonyl (C=O) groups excluding carboxylic acids is 7. The van der Waals surface area contributed by atoms with Crippen molar-refractivity contribution in [3.63, 3.8) is 0 Å². The van der Waals surface area contributed by atoms with E-state index in [1.54, 1.807) is 0 Å². The van der Waals surface area contributed by atoms with Crippen LogP contribution in [0.4, 0.5) is 0 Å². The predicted molar refractivity (Wildman–Crippen MR) is 613 cm³/mol. The molecule has 0 amide bonds. The molecule has 9 aliphatic heterocycles. The second-order valence-electron chi connectivity index (χ2n) is 31.1. The van der Waals surface area contributed by atoms with Crippen molar-refractivity contribution in [3.05, 3.63) is 170 Å². The van der Waals surface area contributed by atoms with Gasteiger partial charge in [-0.3, -0.25) is 24.4 Å². The van der Waals surface area contributed by atoms with E-state index in [1.807, 2.05) is 79.8 Å². The van der Waals surface area contributed by atoms with Gasteiger partial charge in [0.25, 0.3) is 0 Å². The minimum absolute atomic E-state index is 0.0120. The van der Waals surface area contributed by atoms with Crippen LogP contribution in [-0.4, -0.2) is 212 Å². The van der Waals surface area contributed by atoms with Crippen molar-refractivity contribution >= 4 is 448 Å². The van der Waals surface area contributed by atoms with Gasteiger partial charge in [0, 0.05) is 165 Å². The molecule has 9 heterocycles. The molecular formula is C82H83I18N5O14. The summed E-state index contributed by atoms with van der Waals surface area (Å²) in [5.74, 6) is -0.762. The largest absolute Gasteiger partial charge is 0.459 e. The summed E-state index contributed by atoms with van der Waals surface area (Å²) in [6.45, 7) is 15.3. The molecule has 9 aliphatic rings. The van der Waals surface area contributed by atoms with E-state index in [1.165, 1.54) is 25.7 Å². The molecule has 0 N–H and O–H groups in total. The van der Waals surface area contributed by atoms with Gasteiger partial charge in [0.15, 0.2) is 0 Å². The maximum absolute atomic E-state index is 13.1. The molecule has 0 aromatic heterocycles. The van der Waals surface area contributed by atoms with Gasteiger partial charge in [-0.1, -0.05) is 0 Å². The van der Waals surface area contributed by atoms with Crippen LogP contribution in [0.5, 0.6) is 0 Å². The zero-order chi connectivity index (χ0) is 87.1. The Morgan fingerprint density at radius 3 is 1.15 bits per heavy atom. The lowest BCUT2D eigenvalue weighted by Gasteiger charge is -2.53. The number of esters is 6. The highest BCUT2D eigenvalue weighted by molar-refractivity contribution is 14.1. The maximum atomic E-state index is 13.1. The molecule has 6 aromatic rings. The summed E-state index contributed by atoms with van der Waals surface area (Å²) >= 11 is 39.8. The number of halogens is 18. The van der Waals surface area contributed by atoms with Crippen LogP contribution in [0.2, 0.25) is 0 Å². The van der Waals surface area contributed by atoms with E-state index < -0.39 is 18.0 Å². The Morgan fingerprint density at radius 1 is 0.412 bits per heavy atom. The second kappa shape index (κ2) is 48.4. The van der Waals surface area contributed by atoms with Gasteiger partial charge in [-0.2, -0.15) is 0 Å². The van der Waals surface area contributed by atoms with Crippen molar-refractivity contribution in [1.29, 1.82) is 0 Å². The lowest BCUT2D eigenvalue weighted by Crippen LogP contribution is -2.60. The van der Waals surface area contributed by atoms with Crippen LogP contribution >= 0.6 is 407 Å². The summed E-state index contributed by atoms with van der Waals surface area (Å²) in [7, 11) is 6.38. The number of rotatable bonds is 15. The van der Waals surface area contributed by atoms with Gasteiger partial charge in [-0.05, 0) is 573 Å². The second-order valence-corrected chi connectivity index (χ2v) is 51.5. The van der Waals surface area contributed by atoms with Crippen molar-refractivity contribution in [2.24, 2.45) is 5.92 Å². The number of carbonyl (C=O) groups is 7. The Hall–Kier alpha value is 4.71. The average Bonchev–Trinajstić information content (AvgIpc) is 1.16. The topological polar surface area (TPSA) is 200 Å². The van der Waals surface area contributed by atoms with E-state index in [2.05, 4.69) is 473 Å². The van der Waals surface area contributed by atoms with Crippen molar-refractivity contribution < 1.29 is 66.7 Å². The highest BCUT2D eigenvalue weighted by Gasteiger charge is 2.48. The highest BCUT2D eigenvalue weighted by atomic mass is 127. The summed E-state index contributed by atoms with van der Waals surface area (Å²) in [5.41, 5.74) is 3.92. The maximum Gasteiger partial charge on any atom is 0.340 e. The average molecular weight is 3650 g/mol. The van der Waals surface area contributed by atoms with Gasteiger partial charge in [0.2, 0.25) is 0 Å². The molecule has 0 aliphatic carbocycles. The highest BCUT2D eigenvalue weighted by Crippen LogP contribution is 2.42. The number of likely N-dealkylation sites (tertiary alicyclic amines) is 1. The Labute approximate surface area is 942 Å². The first-order valence-electron chi connectivity index (χ1n) is 37.8. The lowest BCUT2D eigenvalue weighted by atomic mass is 9.79. The number of hydrogen-bond acceptors (Lipinski definition) is 19. The van der Waals surface area contributed by atoms with E-state index in [0.29, 0.717) is 72.9 Å². The lowest BCUT2D eigenvalue weighted by molar-refractivity contribution is -0.123. The number of ketones is 1. The summed E-state index contributed by atoms with van der Waals surface area (Å²) < 4.78 is 57.8. The number of fused-ring (bicyclic) bond motifs is 7. The molecule has 9 fully saturated rings. The molecule has 0 radical (unpaired) electrons. The zero-order valence-corrected chi connectivity index (χ0v) is 104. The third-order valence-electron chi connectivity index (χ3n) is 22.6. The summed E-state index contributed by atoms with van der Waals surface area (Å²) in [4.78, 5) is 99.9. The fraction of sp³-hybridized carbons (Fsp3) is 0.476. The SMILES string of the molecule is CN1C(C)(C)CC(OC(=O)c2c(I)ccc(I)c2I)CC1(C)C.CN1C2CC(=O)CC1C(OC(=O)c1c(I)ccc(I)c1I)C2.CN1C2CCC1CC(OC(=O)c1c(I)ccc(I)c1I)C2.O=C(OC1CN2CCC1CC2)c1c(I)ccc(I)c1I.O=C(OCC(CN1CCOCC1)OC(=O)c1c(I)ccc(I)c1I)c1c(I)ccc(I)c1I.